The highest BCUT2D eigenvalue weighted by atomic mass is 16.5. The second-order valence-corrected chi connectivity index (χ2v) is 5.73. The fraction of sp³-hybridized carbons (Fsp3) is 0.150. The van der Waals surface area contributed by atoms with Gasteiger partial charge in [-0.05, 0) is 49.7 Å². The van der Waals surface area contributed by atoms with Gasteiger partial charge in [-0.2, -0.15) is 10.2 Å². The number of aromatic amines is 1. The Hall–Kier alpha value is -3.41. The van der Waals surface area contributed by atoms with E-state index in [0.717, 1.165) is 16.9 Å². The minimum absolute atomic E-state index is 0.343. The number of hydrogen-bond acceptors (Lipinski definition) is 4. The van der Waals surface area contributed by atoms with E-state index in [-0.39, 0.29) is 5.91 Å². The van der Waals surface area contributed by atoms with Crippen molar-refractivity contribution in [3.05, 3.63) is 71.4 Å². The molecule has 0 saturated carbocycles. The minimum Gasteiger partial charge on any atom is -0.494 e. The first-order valence-corrected chi connectivity index (χ1v) is 8.34. The number of amides is 1. The van der Waals surface area contributed by atoms with E-state index < -0.39 is 0 Å². The van der Waals surface area contributed by atoms with E-state index in [1.807, 2.05) is 62.4 Å². The Kier molecular flexibility index (Phi) is 5.43. The molecule has 0 unspecified atom stereocenters. The molecule has 2 aromatic carbocycles. The number of ether oxygens (including phenoxy) is 1. The molecular weight excluding hydrogens is 328 g/mol. The highest BCUT2D eigenvalue weighted by molar-refractivity contribution is 5.94. The first-order valence-electron chi connectivity index (χ1n) is 8.34. The lowest BCUT2D eigenvalue weighted by molar-refractivity contribution is 0.0950. The van der Waals surface area contributed by atoms with Crippen molar-refractivity contribution in [1.29, 1.82) is 0 Å². The Balaban J connectivity index is 1.63. The van der Waals surface area contributed by atoms with Gasteiger partial charge in [0.2, 0.25) is 0 Å². The predicted molar refractivity (Wildman–Crippen MR) is 101 cm³/mol. The zero-order valence-electron chi connectivity index (χ0n) is 14.7. The Morgan fingerprint density at radius 1 is 1.19 bits per heavy atom. The molecule has 1 heterocycles. The zero-order chi connectivity index (χ0) is 18.4. The van der Waals surface area contributed by atoms with Crippen LogP contribution in [0.2, 0.25) is 0 Å². The number of hydrogen-bond donors (Lipinski definition) is 2. The topological polar surface area (TPSA) is 79.4 Å². The predicted octanol–water partition coefficient (Wildman–Crippen LogP) is 3.55. The molecule has 6 heteroatoms. The van der Waals surface area contributed by atoms with Crippen molar-refractivity contribution in [2.75, 3.05) is 6.61 Å². The number of hydrazone groups is 1. The van der Waals surface area contributed by atoms with Crippen LogP contribution in [0, 0.1) is 6.92 Å². The summed E-state index contributed by atoms with van der Waals surface area (Å²) in [6.07, 6.45) is 1.60. The first kappa shape index (κ1) is 17.4. The Morgan fingerprint density at radius 3 is 2.62 bits per heavy atom. The summed E-state index contributed by atoms with van der Waals surface area (Å²) >= 11 is 0. The monoisotopic (exact) mass is 348 g/mol. The molecule has 2 N–H and O–H groups in total. The average molecular weight is 348 g/mol. The molecule has 6 nitrogen and oxygen atoms in total. The fourth-order valence-corrected chi connectivity index (χ4v) is 2.35. The molecule has 26 heavy (non-hydrogen) atoms. The van der Waals surface area contributed by atoms with Crippen molar-refractivity contribution in [2.24, 2.45) is 5.10 Å². The highest BCUT2D eigenvalue weighted by Crippen LogP contribution is 2.21. The van der Waals surface area contributed by atoms with Gasteiger partial charge in [0.05, 0.1) is 18.5 Å². The van der Waals surface area contributed by atoms with Crippen LogP contribution < -0.4 is 10.2 Å². The van der Waals surface area contributed by atoms with E-state index in [1.54, 1.807) is 12.3 Å². The number of carbonyl (C=O) groups excluding carboxylic acids is 1. The van der Waals surface area contributed by atoms with Gasteiger partial charge < -0.3 is 4.74 Å². The first-order chi connectivity index (χ1) is 12.7. The van der Waals surface area contributed by atoms with Crippen molar-refractivity contribution in [3.8, 4) is 17.0 Å². The number of aromatic nitrogens is 2. The van der Waals surface area contributed by atoms with Crippen LogP contribution in [-0.2, 0) is 0 Å². The zero-order valence-corrected chi connectivity index (χ0v) is 14.7. The lowest BCUT2D eigenvalue weighted by Gasteiger charge is -2.02. The summed E-state index contributed by atoms with van der Waals surface area (Å²) in [6.45, 7) is 4.58. The smallest absolute Gasteiger partial charge is 0.289 e. The number of carbonyl (C=O) groups is 1. The molecule has 1 aromatic heterocycles. The lowest BCUT2D eigenvalue weighted by Crippen LogP contribution is -2.17. The molecule has 0 saturated heterocycles. The molecule has 0 aliphatic heterocycles. The number of H-pyrrole nitrogens is 1. The molecule has 0 aliphatic rings. The molecule has 0 bridgehead atoms. The number of benzene rings is 2. The maximum atomic E-state index is 12.2. The minimum atomic E-state index is -0.349. The molecule has 0 spiro atoms. The van der Waals surface area contributed by atoms with Crippen molar-refractivity contribution >= 4 is 12.1 Å². The van der Waals surface area contributed by atoms with Crippen LogP contribution in [0.15, 0.2) is 59.7 Å². The quantitative estimate of drug-likeness (QED) is 0.528. The van der Waals surface area contributed by atoms with Crippen LogP contribution in [0.5, 0.6) is 5.75 Å². The van der Waals surface area contributed by atoms with Gasteiger partial charge in [0.15, 0.2) is 0 Å². The molecule has 1 amide bonds. The third-order valence-corrected chi connectivity index (χ3v) is 3.74. The van der Waals surface area contributed by atoms with Crippen molar-refractivity contribution in [1.82, 2.24) is 15.6 Å². The Bertz CT molecular complexity index is 896. The standard InChI is InChI=1S/C20H20N4O2/c1-3-26-17-10-8-16(9-11-17)18-12-19(23-22-18)20(25)24-21-13-15-6-4-14(2)5-7-15/h4-13H,3H2,1-2H3,(H,22,23)(H,24,25)/b21-13-. The fourth-order valence-electron chi connectivity index (χ4n) is 2.35. The van der Waals surface area contributed by atoms with E-state index in [2.05, 4.69) is 20.7 Å². The van der Waals surface area contributed by atoms with Crippen LogP contribution in [0.25, 0.3) is 11.3 Å². The van der Waals surface area contributed by atoms with Crippen LogP contribution in [0.4, 0.5) is 0 Å². The highest BCUT2D eigenvalue weighted by Gasteiger charge is 2.10. The van der Waals surface area contributed by atoms with Crippen LogP contribution in [0.1, 0.15) is 28.5 Å². The van der Waals surface area contributed by atoms with Gasteiger partial charge in [-0.15, -0.1) is 0 Å². The second kappa shape index (κ2) is 8.11. The van der Waals surface area contributed by atoms with Crippen LogP contribution in [0.3, 0.4) is 0 Å². The molecule has 3 rings (SSSR count). The summed E-state index contributed by atoms with van der Waals surface area (Å²) in [5.74, 6) is 0.452. The van der Waals surface area contributed by atoms with Crippen molar-refractivity contribution in [2.45, 2.75) is 13.8 Å². The van der Waals surface area contributed by atoms with Crippen molar-refractivity contribution < 1.29 is 9.53 Å². The van der Waals surface area contributed by atoms with Crippen molar-refractivity contribution in [3.63, 3.8) is 0 Å². The van der Waals surface area contributed by atoms with E-state index >= 15 is 0 Å². The summed E-state index contributed by atoms with van der Waals surface area (Å²) in [7, 11) is 0. The van der Waals surface area contributed by atoms with E-state index in [4.69, 9.17) is 4.74 Å². The molecule has 0 aliphatic carbocycles. The Labute approximate surface area is 151 Å². The van der Waals surface area contributed by atoms with Gasteiger partial charge in [0, 0.05) is 5.56 Å². The maximum absolute atomic E-state index is 12.2. The maximum Gasteiger partial charge on any atom is 0.289 e. The summed E-state index contributed by atoms with van der Waals surface area (Å²) in [5.41, 5.74) is 6.50. The molecule has 0 radical (unpaired) electrons. The molecule has 132 valence electrons. The SMILES string of the molecule is CCOc1ccc(-c2cc(C(=O)N/N=C\c3ccc(C)cc3)[nH]n2)cc1. The van der Waals surface area contributed by atoms with Gasteiger partial charge in [-0.25, -0.2) is 5.43 Å². The van der Waals surface area contributed by atoms with Crippen LogP contribution >= 0.6 is 0 Å². The molecular formula is C20H20N4O2. The number of nitrogens with zero attached hydrogens (tertiary/aromatic N) is 2. The van der Waals surface area contributed by atoms with Gasteiger partial charge in [0.1, 0.15) is 11.4 Å². The van der Waals surface area contributed by atoms with E-state index in [0.29, 0.717) is 18.0 Å². The summed E-state index contributed by atoms with van der Waals surface area (Å²) in [4.78, 5) is 12.2. The van der Waals surface area contributed by atoms with E-state index in [1.165, 1.54) is 5.56 Å². The largest absolute Gasteiger partial charge is 0.494 e. The van der Waals surface area contributed by atoms with E-state index in [9.17, 15) is 4.79 Å². The number of rotatable bonds is 6. The number of aryl methyl sites for hydroxylation is 1. The molecule has 0 atom stereocenters. The van der Waals surface area contributed by atoms with Gasteiger partial charge in [0.25, 0.3) is 5.91 Å². The molecule has 3 aromatic rings. The third-order valence-electron chi connectivity index (χ3n) is 3.74. The normalized spacial score (nSPS) is 10.8. The van der Waals surface area contributed by atoms with Gasteiger partial charge in [-0.1, -0.05) is 29.8 Å². The molecule has 0 fully saturated rings. The van der Waals surface area contributed by atoms with Crippen LogP contribution in [-0.4, -0.2) is 28.9 Å². The average Bonchev–Trinajstić information content (AvgIpc) is 3.14. The third kappa shape index (κ3) is 4.36. The summed E-state index contributed by atoms with van der Waals surface area (Å²) < 4.78 is 5.42. The van der Waals surface area contributed by atoms with Gasteiger partial charge >= 0.3 is 0 Å². The van der Waals surface area contributed by atoms with Gasteiger partial charge in [-0.3, -0.25) is 9.89 Å². The lowest BCUT2D eigenvalue weighted by atomic mass is 10.1. The Morgan fingerprint density at radius 2 is 1.92 bits per heavy atom. The summed E-state index contributed by atoms with van der Waals surface area (Å²) in [6, 6.07) is 17.1. The number of nitrogens with one attached hydrogen (secondary N) is 2. The second-order valence-electron chi connectivity index (χ2n) is 5.73. The summed E-state index contributed by atoms with van der Waals surface area (Å²) in [5, 5.41) is 10.9.